The highest BCUT2D eigenvalue weighted by molar-refractivity contribution is 5.94. The van der Waals surface area contributed by atoms with E-state index in [1.807, 2.05) is 41.3 Å². The number of pyridine rings is 1. The van der Waals surface area contributed by atoms with Crippen LogP contribution in [0.25, 0.3) is 0 Å². The lowest BCUT2D eigenvalue weighted by Crippen LogP contribution is -2.37. The Balaban J connectivity index is 1.29. The van der Waals surface area contributed by atoms with Crippen LogP contribution < -0.4 is 10.1 Å². The van der Waals surface area contributed by atoms with Crippen molar-refractivity contribution in [1.82, 2.24) is 19.7 Å². The average molecular weight is 460 g/mol. The van der Waals surface area contributed by atoms with Crippen molar-refractivity contribution in [2.45, 2.75) is 64.5 Å². The van der Waals surface area contributed by atoms with Crippen LogP contribution in [0.5, 0.6) is 11.5 Å². The fraction of sp³-hybridized carbons (Fsp3) is 0.444. The van der Waals surface area contributed by atoms with Crippen LogP contribution in [0.4, 0.5) is 5.69 Å². The van der Waals surface area contributed by atoms with E-state index in [2.05, 4.69) is 21.9 Å². The molecule has 3 heterocycles. The molecule has 0 saturated carbocycles. The maximum Gasteiger partial charge on any atom is 0.274 e. The molecule has 3 aromatic rings. The second-order valence-corrected chi connectivity index (χ2v) is 9.24. The minimum atomic E-state index is 0.115. The van der Waals surface area contributed by atoms with Gasteiger partial charge in [-0.2, -0.15) is 5.10 Å². The quantitative estimate of drug-likeness (QED) is 0.534. The predicted octanol–water partition coefficient (Wildman–Crippen LogP) is 5.08. The van der Waals surface area contributed by atoms with Crippen LogP contribution in [0, 0.1) is 0 Å². The summed E-state index contributed by atoms with van der Waals surface area (Å²) >= 11 is 0. The third-order valence-corrected chi connectivity index (χ3v) is 6.74. The van der Waals surface area contributed by atoms with E-state index in [-0.39, 0.29) is 11.9 Å². The highest BCUT2D eigenvalue weighted by Crippen LogP contribution is 2.29. The number of ether oxygens (including phenoxy) is 1. The smallest absolute Gasteiger partial charge is 0.274 e. The molecule has 5 rings (SSSR count). The largest absolute Gasteiger partial charge is 0.457 e. The molecule has 1 amide bonds. The van der Waals surface area contributed by atoms with Crippen molar-refractivity contribution < 1.29 is 9.53 Å². The molecule has 34 heavy (non-hydrogen) atoms. The molecule has 7 heteroatoms. The number of nitrogens with zero attached hydrogens (tertiary/aromatic N) is 4. The molecule has 1 aliphatic heterocycles. The van der Waals surface area contributed by atoms with Gasteiger partial charge in [0.25, 0.3) is 5.91 Å². The minimum absolute atomic E-state index is 0.115. The number of piperidine rings is 1. The first-order valence-electron chi connectivity index (χ1n) is 12.5. The Morgan fingerprint density at radius 3 is 2.53 bits per heavy atom. The molecule has 1 unspecified atom stereocenters. The first-order chi connectivity index (χ1) is 16.7. The molecule has 0 bridgehead atoms. The summed E-state index contributed by atoms with van der Waals surface area (Å²) in [7, 11) is 0. The Morgan fingerprint density at radius 1 is 1.06 bits per heavy atom. The van der Waals surface area contributed by atoms with Gasteiger partial charge in [0, 0.05) is 55.0 Å². The molecule has 1 atom stereocenters. The van der Waals surface area contributed by atoms with E-state index in [1.54, 1.807) is 12.4 Å². The van der Waals surface area contributed by atoms with E-state index in [4.69, 9.17) is 9.84 Å². The summed E-state index contributed by atoms with van der Waals surface area (Å²) in [6, 6.07) is 12.0. The fourth-order valence-electron chi connectivity index (χ4n) is 5.02. The highest BCUT2D eigenvalue weighted by Gasteiger charge is 2.31. The summed E-state index contributed by atoms with van der Waals surface area (Å²) in [6.07, 6.45) is 10.6. The SMILES string of the molecule is CCCn1nc(C(=O)N2CCCCC2)c2c1CCC(Nc1ccc(Oc3ccncc3)cc1)C2. The first-order valence-corrected chi connectivity index (χ1v) is 12.5. The lowest BCUT2D eigenvalue weighted by Gasteiger charge is -2.28. The standard InChI is InChI=1S/C27H33N5O2/c1-2-16-32-25-11-8-21(19-24(25)26(30-32)27(33)31-17-4-3-5-18-31)29-20-6-9-22(10-7-20)34-23-12-14-28-15-13-23/h6-7,9-10,12-15,21,29H,2-5,8,11,16-19H2,1H3. The Morgan fingerprint density at radius 2 is 1.79 bits per heavy atom. The average Bonchev–Trinajstić information content (AvgIpc) is 3.24. The van der Waals surface area contributed by atoms with Gasteiger partial charge in [0.05, 0.1) is 0 Å². The molecule has 1 aromatic carbocycles. The zero-order valence-corrected chi connectivity index (χ0v) is 19.9. The molecular formula is C27H33N5O2. The van der Waals surface area contributed by atoms with Gasteiger partial charge < -0.3 is 15.0 Å². The van der Waals surface area contributed by atoms with E-state index < -0.39 is 0 Å². The molecule has 7 nitrogen and oxygen atoms in total. The summed E-state index contributed by atoms with van der Waals surface area (Å²) in [4.78, 5) is 19.4. The zero-order chi connectivity index (χ0) is 23.3. The molecular weight excluding hydrogens is 426 g/mol. The number of aromatic nitrogens is 3. The van der Waals surface area contributed by atoms with Crippen molar-refractivity contribution in [3.05, 3.63) is 65.7 Å². The third kappa shape index (κ3) is 4.93. The normalized spacial score (nSPS) is 17.8. The predicted molar refractivity (Wildman–Crippen MR) is 132 cm³/mol. The number of hydrogen-bond acceptors (Lipinski definition) is 5. The number of likely N-dealkylation sites (tertiary alicyclic amines) is 1. The van der Waals surface area contributed by atoms with Gasteiger partial charge in [0.1, 0.15) is 11.5 Å². The van der Waals surface area contributed by atoms with Gasteiger partial charge in [-0.3, -0.25) is 14.5 Å². The maximum atomic E-state index is 13.4. The lowest BCUT2D eigenvalue weighted by molar-refractivity contribution is 0.0716. The van der Waals surface area contributed by atoms with E-state index in [0.29, 0.717) is 5.69 Å². The van der Waals surface area contributed by atoms with Crippen LogP contribution >= 0.6 is 0 Å². The van der Waals surface area contributed by atoms with Crippen molar-refractivity contribution in [3.8, 4) is 11.5 Å². The Kier molecular flexibility index (Phi) is 6.79. The summed E-state index contributed by atoms with van der Waals surface area (Å²) in [5.41, 5.74) is 4.13. The second-order valence-electron chi connectivity index (χ2n) is 9.24. The van der Waals surface area contributed by atoms with Gasteiger partial charge in [-0.15, -0.1) is 0 Å². The molecule has 2 aliphatic rings. The van der Waals surface area contributed by atoms with Gasteiger partial charge in [-0.25, -0.2) is 0 Å². The Hall–Kier alpha value is -3.35. The molecule has 1 fully saturated rings. The molecule has 0 spiro atoms. The molecule has 1 saturated heterocycles. The summed E-state index contributed by atoms with van der Waals surface area (Å²) in [6.45, 7) is 4.73. The van der Waals surface area contributed by atoms with Crippen LogP contribution in [-0.4, -0.2) is 44.7 Å². The summed E-state index contributed by atoms with van der Waals surface area (Å²) in [5, 5.41) is 8.50. The van der Waals surface area contributed by atoms with E-state index in [0.717, 1.165) is 80.9 Å². The molecule has 178 valence electrons. The van der Waals surface area contributed by atoms with Gasteiger partial charge in [-0.1, -0.05) is 6.92 Å². The number of amides is 1. The number of hydrogen-bond donors (Lipinski definition) is 1. The fourth-order valence-corrected chi connectivity index (χ4v) is 5.02. The minimum Gasteiger partial charge on any atom is -0.457 e. The maximum absolute atomic E-state index is 13.4. The van der Waals surface area contributed by atoms with Crippen molar-refractivity contribution in [3.63, 3.8) is 0 Å². The van der Waals surface area contributed by atoms with Crippen molar-refractivity contribution in [2.75, 3.05) is 18.4 Å². The van der Waals surface area contributed by atoms with Crippen molar-refractivity contribution in [2.24, 2.45) is 0 Å². The van der Waals surface area contributed by atoms with Crippen LogP contribution in [-0.2, 0) is 19.4 Å². The highest BCUT2D eigenvalue weighted by atomic mass is 16.5. The van der Waals surface area contributed by atoms with Gasteiger partial charge >= 0.3 is 0 Å². The number of rotatable bonds is 7. The first kappa shape index (κ1) is 22.4. The van der Waals surface area contributed by atoms with Crippen LogP contribution in [0.3, 0.4) is 0 Å². The number of carbonyl (C=O) groups excluding carboxylic acids is 1. The zero-order valence-electron chi connectivity index (χ0n) is 19.9. The number of fused-ring (bicyclic) bond motifs is 1. The van der Waals surface area contributed by atoms with E-state index in [9.17, 15) is 4.79 Å². The topological polar surface area (TPSA) is 72.3 Å². The number of carbonyl (C=O) groups is 1. The summed E-state index contributed by atoms with van der Waals surface area (Å²) in [5.74, 6) is 1.67. The van der Waals surface area contributed by atoms with Gasteiger partial charge in [0.2, 0.25) is 0 Å². The number of aryl methyl sites for hydroxylation is 1. The van der Waals surface area contributed by atoms with Crippen LogP contribution in [0.15, 0.2) is 48.8 Å². The molecule has 1 N–H and O–H groups in total. The van der Waals surface area contributed by atoms with E-state index in [1.165, 1.54) is 12.1 Å². The monoisotopic (exact) mass is 459 g/mol. The number of nitrogens with one attached hydrogen (secondary N) is 1. The lowest BCUT2D eigenvalue weighted by atomic mass is 9.90. The van der Waals surface area contributed by atoms with Crippen molar-refractivity contribution >= 4 is 11.6 Å². The Bertz CT molecular complexity index is 1100. The Labute approximate surface area is 201 Å². The molecule has 0 radical (unpaired) electrons. The number of anilines is 1. The van der Waals surface area contributed by atoms with Crippen molar-refractivity contribution in [1.29, 1.82) is 0 Å². The van der Waals surface area contributed by atoms with Gasteiger partial charge in [0.15, 0.2) is 5.69 Å². The van der Waals surface area contributed by atoms with Crippen LogP contribution in [0.2, 0.25) is 0 Å². The molecule has 1 aliphatic carbocycles. The van der Waals surface area contributed by atoms with Gasteiger partial charge in [-0.05, 0) is 81.3 Å². The van der Waals surface area contributed by atoms with E-state index >= 15 is 0 Å². The molecule has 2 aromatic heterocycles. The summed E-state index contributed by atoms with van der Waals surface area (Å²) < 4.78 is 7.97. The third-order valence-electron chi connectivity index (χ3n) is 6.74. The second kappa shape index (κ2) is 10.3. The number of benzene rings is 1. The van der Waals surface area contributed by atoms with Crippen LogP contribution in [0.1, 0.15) is 60.8 Å².